The number of alkyl halides is 1. The molecule has 22 heavy (non-hydrogen) atoms. The first kappa shape index (κ1) is 15.2. The largest absolute Gasteiger partial charge is 0.393 e. The third kappa shape index (κ3) is 2.66. The minimum absolute atomic E-state index is 0.0979. The van der Waals surface area contributed by atoms with Crippen molar-refractivity contribution in [3.05, 3.63) is 41.0 Å². The lowest BCUT2D eigenvalue weighted by molar-refractivity contribution is 0.00181. The summed E-state index contributed by atoms with van der Waals surface area (Å²) in [7, 11) is 0. The highest BCUT2D eigenvalue weighted by Crippen LogP contribution is 2.29. The Labute approximate surface area is 132 Å². The predicted octanol–water partition coefficient (Wildman–Crippen LogP) is 2.82. The first-order valence-corrected chi connectivity index (χ1v) is 7.54. The number of rotatable bonds is 2. The molecule has 2 heterocycles. The summed E-state index contributed by atoms with van der Waals surface area (Å²) >= 11 is 6.13. The Morgan fingerprint density at radius 2 is 2.27 bits per heavy atom. The van der Waals surface area contributed by atoms with Gasteiger partial charge in [0, 0.05) is 18.1 Å². The smallest absolute Gasteiger partial charge is 0.256 e. The van der Waals surface area contributed by atoms with E-state index in [1.54, 1.807) is 30.5 Å². The summed E-state index contributed by atoms with van der Waals surface area (Å²) in [5.41, 5.74) is -0.801. The zero-order valence-corrected chi connectivity index (χ0v) is 12.7. The van der Waals surface area contributed by atoms with E-state index in [0.29, 0.717) is 34.5 Å². The zero-order chi connectivity index (χ0) is 15.7. The quantitative estimate of drug-likeness (QED) is 0.925. The molecule has 1 fully saturated rings. The Morgan fingerprint density at radius 3 is 3.05 bits per heavy atom. The average molecular weight is 323 g/mol. The molecule has 1 aliphatic heterocycles. The van der Waals surface area contributed by atoms with E-state index in [1.165, 1.54) is 4.90 Å². The summed E-state index contributed by atoms with van der Waals surface area (Å²) in [5, 5.41) is 10.4. The Kier molecular flexibility index (Phi) is 4.02. The van der Waals surface area contributed by atoms with Gasteiger partial charge in [0.15, 0.2) is 5.67 Å². The fourth-order valence-electron chi connectivity index (χ4n) is 2.87. The van der Waals surface area contributed by atoms with Crippen molar-refractivity contribution < 1.29 is 14.3 Å². The highest BCUT2D eigenvalue weighted by atomic mass is 35.5. The Hall–Kier alpha value is -1.72. The normalized spacial score (nSPS) is 22.0. The number of aliphatic hydroxyl groups is 1. The number of carbonyl (C=O) groups excluding carboxylic acids is 1. The molecule has 1 aromatic heterocycles. The second-order valence-electron chi connectivity index (χ2n) is 5.63. The van der Waals surface area contributed by atoms with Gasteiger partial charge in [0.05, 0.1) is 29.3 Å². The highest BCUT2D eigenvalue weighted by molar-refractivity contribution is 6.36. The number of hydrogen-bond donors (Lipinski definition) is 1. The van der Waals surface area contributed by atoms with E-state index in [-0.39, 0.29) is 18.9 Å². The molecular formula is C16H16ClFN2O2. The number of benzene rings is 1. The maximum absolute atomic E-state index is 14.3. The lowest BCUT2D eigenvalue weighted by Crippen LogP contribution is -2.49. The van der Waals surface area contributed by atoms with Gasteiger partial charge in [-0.05, 0) is 37.1 Å². The van der Waals surface area contributed by atoms with E-state index in [4.69, 9.17) is 11.6 Å². The molecule has 1 aromatic carbocycles. The van der Waals surface area contributed by atoms with Gasteiger partial charge in [0.2, 0.25) is 0 Å². The van der Waals surface area contributed by atoms with Crippen LogP contribution < -0.4 is 0 Å². The van der Waals surface area contributed by atoms with Crippen LogP contribution in [0.25, 0.3) is 10.9 Å². The van der Waals surface area contributed by atoms with Crippen molar-refractivity contribution in [2.45, 2.75) is 18.5 Å². The maximum atomic E-state index is 14.3. The average Bonchev–Trinajstić information content (AvgIpc) is 2.55. The third-order valence-corrected chi connectivity index (χ3v) is 4.37. The molecule has 0 saturated carbocycles. The van der Waals surface area contributed by atoms with E-state index >= 15 is 0 Å². The summed E-state index contributed by atoms with van der Waals surface area (Å²) in [6.45, 7) is -0.197. The number of fused-ring (bicyclic) bond motifs is 1. The van der Waals surface area contributed by atoms with Gasteiger partial charge in [-0.15, -0.1) is 0 Å². The summed E-state index contributed by atoms with van der Waals surface area (Å²) in [4.78, 5) is 18.4. The minimum atomic E-state index is -1.72. The molecule has 1 N–H and O–H groups in total. The van der Waals surface area contributed by atoms with Gasteiger partial charge in [0.1, 0.15) is 0 Å². The molecule has 1 saturated heterocycles. The second kappa shape index (κ2) is 5.82. The lowest BCUT2D eigenvalue weighted by Gasteiger charge is -2.36. The van der Waals surface area contributed by atoms with Crippen LogP contribution in [0.2, 0.25) is 5.02 Å². The molecule has 1 aliphatic rings. The van der Waals surface area contributed by atoms with Crippen LogP contribution in [0, 0.1) is 0 Å². The van der Waals surface area contributed by atoms with E-state index in [0.717, 1.165) is 0 Å². The van der Waals surface area contributed by atoms with Gasteiger partial charge in [-0.1, -0.05) is 11.6 Å². The molecule has 0 bridgehead atoms. The zero-order valence-electron chi connectivity index (χ0n) is 11.9. The number of aliphatic hydroxyl groups excluding tert-OH is 1. The van der Waals surface area contributed by atoms with Gasteiger partial charge >= 0.3 is 0 Å². The minimum Gasteiger partial charge on any atom is -0.393 e. The summed E-state index contributed by atoms with van der Waals surface area (Å²) in [6.07, 6.45) is 2.40. The van der Waals surface area contributed by atoms with Crippen molar-refractivity contribution in [2.75, 3.05) is 19.7 Å². The molecule has 0 radical (unpaired) electrons. The molecule has 116 valence electrons. The fourth-order valence-corrected chi connectivity index (χ4v) is 3.09. The van der Waals surface area contributed by atoms with Crippen molar-refractivity contribution in [1.82, 2.24) is 9.88 Å². The summed E-state index contributed by atoms with van der Waals surface area (Å²) < 4.78 is 14.3. The number of pyridine rings is 1. The molecule has 6 heteroatoms. The van der Waals surface area contributed by atoms with Crippen LogP contribution in [-0.4, -0.2) is 46.3 Å². The molecule has 1 unspecified atom stereocenters. The molecular weight excluding hydrogens is 307 g/mol. The Morgan fingerprint density at radius 1 is 1.45 bits per heavy atom. The highest BCUT2D eigenvalue weighted by Gasteiger charge is 2.37. The van der Waals surface area contributed by atoms with E-state index in [1.807, 2.05) is 0 Å². The number of carbonyl (C=O) groups is 1. The summed E-state index contributed by atoms with van der Waals surface area (Å²) in [6, 6.07) is 6.82. The second-order valence-corrected chi connectivity index (χ2v) is 6.04. The number of piperidine rings is 1. The van der Waals surface area contributed by atoms with Crippen LogP contribution in [0.4, 0.5) is 4.39 Å². The molecule has 3 rings (SSSR count). The standard InChI is InChI=1S/C16H16ClFN2O2/c17-13-5-4-12(14-11(13)3-1-7-19-14)15(22)20-8-2-6-16(18,9-20)10-21/h1,3-5,7,21H,2,6,8-10H2. The van der Waals surface area contributed by atoms with Gasteiger partial charge in [0.25, 0.3) is 5.91 Å². The molecule has 0 spiro atoms. The van der Waals surface area contributed by atoms with Gasteiger partial charge in [-0.2, -0.15) is 0 Å². The topological polar surface area (TPSA) is 53.4 Å². The van der Waals surface area contributed by atoms with Crippen LogP contribution in [-0.2, 0) is 0 Å². The molecule has 0 aliphatic carbocycles. The Balaban J connectivity index is 1.98. The van der Waals surface area contributed by atoms with E-state index < -0.39 is 12.3 Å². The monoisotopic (exact) mass is 322 g/mol. The van der Waals surface area contributed by atoms with Gasteiger partial charge in [-0.25, -0.2) is 4.39 Å². The predicted molar refractivity (Wildman–Crippen MR) is 82.8 cm³/mol. The summed E-state index contributed by atoms with van der Waals surface area (Å²) in [5.74, 6) is -0.282. The number of aromatic nitrogens is 1. The van der Waals surface area contributed by atoms with Gasteiger partial charge in [-0.3, -0.25) is 9.78 Å². The fraction of sp³-hybridized carbons (Fsp3) is 0.375. The van der Waals surface area contributed by atoms with Crippen LogP contribution in [0.3, 0.4) is 0 Å². The van der Waals surface area contributed by atoms with Crippen molar-refractivity contribution >= 4 is 28.4 Å². The van der Waals surface area contributed by atoms with Crippen molar-refractivity contribution in [1.29, 1.82) is 0 Å². The van der Waals surface area contributed by atoms with E-state index in [9.17, 15) is 14.3 Å². The number of halogens is 2. The molecule has 2 aromatic rings. The third-order valence-electron chi connectivity index (χ3n) is 4.04. The number of amides is 1. The number of likely N-dealkylation sites (tertiary alicyclic amines) is 1. The first-order valence-electron chi connectivity index (χ1n) is 7.16. The van der Waals surface area contributed by atoms with Crippen LogP contribution in [0.5, 0.6) is 0 Å². The Bertz CT molecular complexity index is 724. The van der Waals surface area contributed by atoms with E-state index in [2.05, 4.69) is 4.98 Å². The number of hydrogen-bond acceptors (Lipinski definition) is 3. The van der Waals surface area contributed by atoms with Crippen molar-refractivity contribution in [3.63, 3.8) is 0 Å². The molecule has 4 nitrogen and oxygen atoms in total. The van der Waals surface area contributed by atoms with Gasteiger partial charge < -0.3 is 10.0 Å². The molecule has 1 atom stereocenters. The van der Waals surface area contributed by atoms with Crippen molar-refractivity contribution in [2.24, 2.45) is 0 Å². The van der Waals surface area contributed by atoms with Crippen LogP contribution in [0.1, 0.15) is 23.2 Å². The van der Waals surface area contributed by atoms with Crippen molar-refractivity contribution in [3.8, 4) is 0 Å². The SMILES string of the molecule is O=C(c1ccc(Cl)c2cccnc12)N1CCCC(F)(CO)C1. The van der Waals surface area contributed by atoms with Crippen LogP contribution in [0.15, 0.2) is 30.5 Å². The first-order chi connectivity index (χ1) is 10.5. The molecule has 1 amide bonds. The number of nitrogens with zero attached hydrogens (tertiary/aromatic N) is 2. The van der Waals surface area contributed by atoms with Crippen LogP contribution >= 0.6 is 11.6 Å². The lowest BCUT2D eigenvalue weighted by atomic mass is 9.95. The maximum Gasteiger partial charge on any atom is 0.256 e.